The largest absolute Gasteiger partial charge is 0.216 e. The quantitative estimate of drug-likeness (QED) is 0.478. The summed E-state index contributed by atoms with van der Waals surface area (Å²) in [6.45, 7) is 0. The van der Waals surface area contributed by atoms with E-state index in [-0.39, 0.29) is 0 Å². The second-order valence-corrected chi connectivity index (χ2v) is 8.88. The molecule has 6 heteroatoms. The summed E-state index contributed by atoms with van der Waals surface area (Å²) in [5, 5.41) is 0. The molecular formula is C15H9Cl6. The number of rotatable bonds is 2. The van der Waals surface area contributed by atoms with Gasteiger partial charge in [-0.15, -0.1) is 0 Å². The Morgan fingerprint density at radius 2 is 0.905 bits per heavy atom. The van der Waals surface area contributed by atoms with Crippen LogP contribution in [-0.2, 0) is 7.59 Å². The summed E-state index contributed by atoms with van der Waals surface area (Å²) >= 11 is 36.0. The van der Waals surface area contributed by atoms with E-state index >= 15 is 0 Å². The lowest BCUT2D eigenvalue weighted by atomic mass is 9.97. The predicted molar refractivity (Wildman–Crippen MR) is 93.9 cm³/mol. The van der Waals surface area contributed by atoms with Gasteiger partial charge in [0.2, 0.25) is 7.59 Å². The van der Waals surface area contributed by atoms with Gasteiger partial charge < -0.3 is 0 Å². The Bertz CT molecular complexity index is 569. The number of hydrogen-bond acceptors (Lipinski definition) is 0. The standard InChI is InChI=1S/C15H9Cl6/c16-14(17,18)12-7-3-1-5-10(12)9-11-6-2-4-8-13(11)15(19,20)21/h1-9H. The van der Waals surface area contributed by atoms with Gasteiger partial charge in [0.1, 0.15) is 0 Å². The van der Waals surface area contributed by atoms with Crippen LogP contribution in [0.1, 0.15) is 22.3 Å². The SMILES string of the molecule is ClC(Cl)(Cl)c1ccccc1[CH]c1ccccc1C(Cl)(Cl)Cl. The molecule has 2 aromatic rings. The van der Waals surface area contributed by atoms with Crippen LogP contribution in [0.2, 0.25) is 0 Å². The van der Waals surface area contributed by atoms with E-state index in [0.29, 0.717) is 11.1 Å². The lowest BCUT2D eigenvalue weighted by Crippen LogP contribution is -2.08. The van der Waals surface area contributed by atoms with Crippen molar-refractivity contribution in [1.29, 1.82) is 0 Å². The molecule has 0 N–H and O–H groups in total. The van der Waals surface area contributed by atoms with E-state index in [1.165, 1.54) is 0 Å². The normalized spacial score (nSPS) is 12.5. The van der Waals surface area contributed by atoms with Gasteiger partial charge in [0.15, 0.2) is 0 Å². The summed E-state index contributed by atoms with van der Waals surface area (Å²) in [6.07, 6.45) is 1.83. The zero-order valence-electron chi connectivity index (χ0n) is 10.5. The molecule has 0 heterocycles. The number of hydrogen-bond donors (Lipinski definition) is 0. The van der Waals surface area contributed by atoms with E-state index in [0.717, 1.165) is 11.1 Å². The molecule has 0 spiro atoms. The average Bonchev–Trinajstić information content (AvgIpc) is 2.37. The molecule has 0 fully saturated rings. The molecule has 0 nitrogen and oxygen atoms in total. The lowest BCUT2D eigenvalue weighted by molar-refractivity contribution is 1.16. The minimum Gasteiger partial charge on any atom is -0.0784 e. The Kier molecular flexibility index (Phi) is 5.63. The zero-order valence-corrected chi connectivity index (χ0v) is 15.0. The summed E-state index contributed by atoms with van der Waals surface area (Å²) in [7, 11) is 0. The molecule has 2 aromatic carbocycles. The molecule has 0 aliphatic rings. The maximum atomic E-state index is 5.99. The number of benzene rings is 2. The topological polar surface area (TPSA) is 0 Å². The highest BCUT2D eigenvalue weighted by Crippen LogP contribution is 2.43. The Hall–Kier alpha value is 0.180. The minimum absolute atomic E-state index is 0.564. The van der Waals surface area contributed by atoms with Crippen molar-refractivity contribution >= 4 is 69.6 Å². The van der Waals surface area contributed by atoms with Gasteiger partial charge >= 0.3 is 0 Å². The third-order valence-corrected chi connectivity index (χ3v) is 4.06. The monoisotopic (exact) mass is 399 g/mol. The van der Waals surface area contributed by atoms with Crippen molar-refractivity contribution < 1.29 is 0 Å². The first-order chi connectivity index (χ1) is 9.69. The molecule has 0 bridgehead atoms. The Labute approximate surface area is 153 Å². The smallest absolute Gasteiger partial charge is 0.0784 e. The van der Waals surface area contributed by atoms with Crippen molar-refractivity contribution in [2.45, 2.75) is 7.59 Å². The third kappa shape index (κ3) is 4.58. The molecule has 0 saturated carbocycles. The van der Waals surface area contributed by atoms with Gasteiger partial charge in [-0.3, -0.25) is 0 Å². The zero-order chi connectivity index (χ0) is 15.7. The van der Waals surface area contributed by atoms with Gasteiger partial charge in [0.25, 0.3) is 0 Å². The summed E-state index contributed by atoms with van der Waals surface area (Å²) in [4.78, 5) is 0. The Morgan fingerprint density at radius 1 is 0.571 bits per heavy atom. The van der Waals surface area contributed by atoms with E-state index in [1.807, 2.05) is 30.7 Å². The van der Waals surface area contributed by atoms with Crippen molar-refractivity contribution in [3.05, 3.63) is 77.2 Å². The first-order valence-corrected chi connectivity index (χ1v) is 8.13. The molecule has 0 aliphatic carbocycles. The Balaban J connectivity index is 2.45. The molecule has 0 atom stereocenters. The molecule has 21 heavy (non-hydrogen) atoms. The molecule has 0 aromatic heterocycles. The fourth-order valence-electron chi connectivity index (χ4n) is 1.93. The van der Waals surface area contributed by atoms with Crippen LogP contribution >= 0.6 is 69.6 Å². The molecule has 0 saturated heterocycles. The van der Waals surface area contributed by atoms with Crippen molar-refractivity contribution in [2.24, 2.45) is 0 Å². The summed E-state index contributed by atoms with van der Waals surface area (Å²) in [6, 6.07) is 14.5. The molecule has 111 valence electrons. The van der Waals surface area contributed by atoms with Crippen LogP contribution in [0.15, 0.2) is 48.5 Å². The lowest BCUT2D eigenvalue weighted by Gasteiger charge is -2.19. The van der Waals surface area contributed by atoms with E-state index < -0.39 is 7.59 Å². The molecule has 0 unspecified atom stereocenters. The second kappa shape index (κ2) is 6.74. The molecular weight excluding hydrogens is 393 g/mol. The van der Waals surface area contributed by atoms with Gasteiger partial charge in [-0.1, -0.05) is 118 Å². The van der Waals surface area contributed by atoms with Gasteiger partial charge in [-0.2, -0.15) is 0 Å². The first kappa shape index (κ1) is 17.5. The van der Waals surface area contributed by atoms with Crippen LogP contribution in [0.25, 0.3) is 0 Å². The predicted octanol–water partition coefficient (Wildman–Crippen LogP) is 6.94. The van der Waals surface area contributed by atoms with Gasteiger partial charge in [-0.25, -0.2) is 0 Å². The van der Waals surface area contributed by atoms with Gasteiger partial charge in [0.05, 0.1) is 0 Å². The van der Waals surface area contributed by atoms with Crippen LogP contribution in [0.3, 0.4) is 0 Å². The van der Waals surface area contributed by atoms with E-state index in [2.05, 4.69) is 0 Å². The van der Waals surface area contributed by atoms with Crippen molar-refractivity contribution in [2.75, 3.05) is 0 Å². The summed E-state index contributed by atoms with van der Waals surface area (Å²) < 4.78 is -3.05. The average molecular weight is 402 g/mol. The molecule has 1 radical (unpaired) electrons. The number of halogens is 6. The highest BCUT2D eigenvalue weighted by Gasteiger charge is 2.28. The fourth-order valence-corrected chi connectivity index (χ4v) is 2.96. The number of alkyl halides is 6. The van der Waals surface area contributed by atoms with Crippen LogP contribution in [0.4, 0.5) is 0 Å². The van der Waals surface area contributed by atoms with E-state index in [4.69, 9.17) is 69.6 Å². The maximum Gasteiger partial charge on any atom is 0.216 e. The third-order valence-electron chi connectivity index (χ3n) is 2.84. The van der Waals surface area contributed by atoms with Crippen molar-refractivity contribution in [1.82, 2.24) is 0 Å². The summed E-state index contributed by atoms with van der Waals surface area (Å²) in [5.74, 6) is 0. The first-order valence-electron chi connectivity index (χ1n) is 5.87. The molecule has 0 amide bonds. The van der Waals surface area contributed by atoms with E-state index in [9.17, 15) is 0 Å². The Morgan fingerprint density at radius 3 is 1.24 bits per heavy atom. The van der Waals surface area contributed by atoms with Crippen LogP contribution in [0, 0.1) is 6.42 Å². The summed E-state index contributed by atoms with van der Waals surface area (Å²) in [5.41, 5.74) is 2.63. The highest BCUT2D eigenvalue weighted by molar-refractivity contribution is 6.67. The van der Waals surface area contributed by atoms with Gasteiger partial charge in [-0.05, 0) is 11.1 Å². The highest BCUT2D eigenvalue weighted by atomic mass is 35.6. The van der Waals surface area contributed by atoms with E-state index in [1.54, 1.807) is 24.3 Å². The maximum absolute atomic E-state index is 5.99. The molecule has 0 aliphatic heterocycles. The second-order valence-electron chi connectivity index (χ2n) is 4.31. The van der Waals surface area contributed by atoms with Crippen molar-refractivity contribution in [3.8, 4) is 0 Å². The van der Waals surface area contributed by atoms with Crippen LogP contribution in [-0.4, -0.2) is 0 Å². The van der Waals surface area contributed by atoms with Gasteiger partial charge in [0, 0.05) is 17.5 Å². The van der Waals surface area contributed by atoms with Crippen LogP contribution < -0.4 is 0 Å². The minimum atomic E-state index is -1.53. The fraction of sp³-hybridized carbons (Fsp3) is 0.133. The van der Waals surface area contributed by atoms with Crippen molar-refractivity contribution in [3.63, 3.8) is 0 Å². The molecule has 2 rings (SSSR count). The van der Waals surface area contributed by atoms with Crippen LogP contribution in [0.5, 0.6) is 0 Å².